The molecule has 0 bridgehead atoms. The molecule has 0 amide bonds. The summed E-state index contributed by atoms with van der Waals surface area (Å²) in [5, 5.41) is 9.15. The fourth-order valence-electron chi connectivity index (χ4n) is 1.05. The molecule has 0 saturated heterocycles. The first-order valence-electron chi connectivity index (χ1n) is 3.93. The Kier molecular flexibility index (Phi) is 3.35. The lowest BCUT2D eigenvalue weighted by atomic mass is 10.1. The van der Waals surface area contributed by atoms with Gasteiger partial charge in [0.1, 0.15) is 11.6 Å². The Morgan fingerprint density at radius 3 is 2.50 bits per heavy atom. The number of aliphatic hydroxyl groups is 1. The normalized spacial score (nSPS) is 13.0. The predicted octanol–water partition coefficient (Wildman–Crippen LogP) is 2.48. The molecule has 1 N–H and O–H groups in total. The van der Waals surface area contributed by atoms with E-state index in [0.29, 0.717) is 0 Å². The van der Waals surface area contributed by atoms with Crippen molar-refractivity contribution in [2.45, 2.75) is 19.6 Å². The van der Waals surface area contributed by atoms with Gasteiger partial charge in [-0.05, 0) is 25.1 Å². The summed E-state index contributed by atoms with van der Waals surface area (Å²) in [6.45, 7) is -1.65. The van der Waals surface area contributed by atoms with Gasteiger partial charge in [-0.2, -0.15) is 8.78 Å². The number of hydrogen-bond acceptors (Lipinski definition) is 2. The third-order valence-electron chi connectivity index (χ3n) is 1.64. The van der Waals surface area contributed by atoms with Crippen LogP contribution in [-0.4, -0.2) is 11.7 Å². The molecular formula is C9H9F3O2. The zero-order valence-corrected chi connectivity index (χ0v) is 7.38. The van der Waals surface area contributed by atoms with Crippen molar-refractivity contribution >= 4 is 0 Å². The van der Waals surface area contributed by atoms with E-state index in [-0.39, 0.29) is 11.3 Å². The van der Waals surface area contributed by atoms with E-state index in [1.807, 2.05) is 0 Å². The summed E-state index contributed by atoms with van der Waals surface area (Å²) in [6.07, 6.45) is -1.06. The zero-order valence-electron chi connectivity index (χ0n) is 7.38. The summed E-state index contributed by atoms with van der Waals surface area (Å²) in [7, 11) is 0. The van der Waals surface area contributed by atoms with E-state index in [2.05, 4.69) is 4.74 Å². The highest BCUT2D eigenvalue weighted by Crippen LogP contribution is 2.27. The standard InChI is InChI=1S/C9H9F3O2/c1-5(13)7-4-6(10)2-3-8(7)14-9(11)12/h2-5,9,13H,1H3/t5-/m1/s1. The van der Waals surface area contributed by atoms with Crippen LogP contribution < -0.4 is 4.74 Å². The smallest absolute Gasteiger partial charge is 0.387 e. The van der Waals surface area contributed by atoms with E-state index in [0.717, 1.165) is 18.2 Å². The molecular weight excluding hydrogens is 197 g/mol. The number of halogens is 3. The lowest BCUT2D eigenvalue weighted by Crippen LogP contribution is -2.06. The lowest BCUT2D eigenvalue weighted by molar-refractivity contribution is -0.0514. The summed E-state index contributed by atoms with van der Waals surface area (Å²) in [5.41, 5.74) is 0.00491. The molecule has 0 aliphatic carbocycles. The maximum atomic E-state index is 12.7. The first kappa shape index (κ1) is 10.8. The molecule has 0 unspecified atom stereocenters. The lowest BCUT2D eigenvalue weighted by Gasteiger charge is -2.12. The predicted molar refractivity (Wildman–Crippen MR) is 43.7 cm³/mol. The molecule has 0 saturated carbocycles. The Morgan fingerprint density at radius 2 is 2.00 bits per heavy atom. The van der Waals surface area contributed by atoms with Crippen molar-refractivity contribution in [3.63, 3.8) is 0 Å². The van der Waals surface area contributed by atoms with Crippen molar-refractivity contribution < 1.29 is 23.0 Å². The van der Waals surface area contributed by atoms with Crippen LogP contribution in [0.3, 0.4) is 0 Å². The van der Waals surface area contributed by atoms with Crippen LogP contribution in [0.4, 0.5) is 13.2 Å². The van der Waals surface area contributed by atoms with E-state index >= 15 is 0 Å². The van der Waals surface area contributed by atoms with Crippen LogP contribution in [0.25, 0.3) is 0 Å². The fourth-order valence-corrected chi connectivity index (χ4v) is 1.05. The van der Waals surface area contributed by atoms with Crippen LogP contribution in [0.5, 0.6) is 5.75 Å². The second-order valence-electron chi connectivity index (χ2n) is 2.74. The highest BCUT2D eigenvalue weighted by atomic mass is 19.3. The van der Waals surface area contributed by atoms with E-state index in [4.69, 9.17) is 5.11 Å². The molecule has 0 fully saturated rings. The number of rotatable bonds is 3. The van der Waals surface area contributed by atoms with Gasteiger partial charge in [-0.3, -0.25) is 0 Å². The maximum absolute atomic E-state index is 12.7. The van der Waals surface area contributed by atoms with Crippen molar-refractivity contribution in [3.8, 4) is 5.75 Å². The van der Waals surface area contributed by atoms with Gasteiger partial charge in [-0.25, -0.2) is 4.39 Å². The van der Waals surface area contributed by atoms with Crippen LogP contribution in [-0.2, 0) is 0 Å². The molecule has 1 rings (SSSR count). The third kappa shape index (κ3) is 2.63. The molecule has 0 aliphatic heterocycles. The Hall–Kier alpha value is -1.23. The molecule has 0 heterocycles. The highest BCUT2D eigenvalue weighted by Gasteiger charge is 2.13. The van der Waals surface area contributed by atoms with Gasteiger partial charge in [0.2, 0.25) is 0 Å². The minimum absolute atomic E-state index is 0.00491. The number of benzene rings is 1. The minimum Gasteiger partial charge on any atom is -0.434 e. The largest absolute Gasteiger partial charge is 0.434 e. The summed E-state index contributed by atoms with van der Waals surface area (Å²) in [4.78, 5) is 0. The average Bonchev–Trinajstić information content (AvgIpc) is 2.07. The summed E-state index contributed by atoms with van der Waals surface area (Å²) in [6, 6.07) is 3.01. The van der Waals surface area contributed by atoms with Crippen molar-refractivity contribution in [2.24, 2.45) is 0 Å². The monoisotopic (exact) mass is 206 g/mol. The molecule has 0 radical (unpaired) electrons. The molecule has 0 aliphatic rings. The maximum Gasteiger partial charge on any atom is 0.387 e. The molecule has 1 atom stereocenters. The Balaban J connectivity index is 3.02. The van der Waals surface area contributed by atoms with E-state index in [1.165, 1.54) is 6.92 Å². The van der Waals surface area contributed by atoms with Gasteiger partial charge in [0.15, 0.2) is 0 Å². The van der Waals surface area contributed by atoms with Crippen LogP contribution in [0.2, 0.25) is 0 Å². The second kappa shape index (κ2) is 4.32. The first-order valence-corrected chi connectivity index (χ1v) is 3.93. The van der Waals surface area contributed by atoms with Gasteiger partial charge in [0.25, 0.3) is 0 Å². The van der Waals surface area contributed by atoms with Crippen molar-refractivity contribution in [3.05, 3.63) is 29.6 Å². The fraction of sp³-hybridized carbons (Fsp3) is 0.333. The molecule has 78 valence electrons. The minimum atomic E-state index is -2.99. The number of alkyl halides is 2. The Labute approximate surface area is 78.9 Å². The molecule has 14 heavy (non-hydrogen) atoms. The summed E-state index contributed by atoms with van der Waals surface area (Å²) < 4.78 is 40.5. The van der Waals surface area contributed by atoms with E-state index < -0.39 is 18.5 Å². The van der Waals surface area contributed by atoms with Crippen LogP contribution in [0.15, 0.2) is 18.2 Å². The van der Waals surface area contributed by atoms with Gasteiger partial charge in [-0.15, -0.1) is 0 Å². The molecule has 0 aromatic heterocycles. The van der Waals surface area contributed by atoms with Crippen LogP contribution in [0, 0.1) is 5.82 Å². The van der Waals surface area contributed by atoms with Gasteiger partial charge < -0.3 is 9.84 Å². The zero-order chi connectivity index (χ0) is 10.7. The molecule has 0 spiro atoms. The van der Waals surface area contributed by atoms with Gasteiger partial charge in [0.05, 0.1) is 6.10 Å². The van der Waals surface area contributed by atoms with E-state index in [9.17, 15) is 13.2 Å². The number of hydrogen-bond donors (Lipinski definition) is 1. The Morgan fingerprint density at radius 1 is 1.36 bits per heavy atom. The van der Waals surface area contributed by atoms with Crippen molar-refractivity contribution in [1.82, 2.24) is 0 Å². The van der Waals surface area contributed by atoms with Crippen molar-refractivity contribution in [1.29, 1.82) is 0 Å². The Bertz CT molecular complexity index is 313. The van der Waals surface area contributed by atoms with Crippen LogP contribution >= 0.6 is 0 Å². The van der Waals surface area contributed by atoms with E-state index in [1.54, 1.807) is 0 Å². The highest BCUT2D eigenvalue weighted by molar-refractivity contribution is 5.35. The molecule has 1 aromatic rings. The molecule has 1 aromatic carbocycles. The number of aliphatic hydroxyl groups excluding tert-OH is 1. The molecule has 5 heteroatoms. The first-order chi connectivity index (χ1) is 6.50. The average molecular weight is 206 g/mol. The molecule has 2 nitrogen and oxygen atoms in total. The summed E-state index contributed by atoms with van der Waals surface area (Å²) in [5.74, 6) is -0.820. The topological polar surface area (TPSA) is 29.5 Å². The van der Waals surface area contributed by atoms with Gasteiger partial charge in [0, 0.05) is 5.56 Å². The number of ether oxygens (including phenoxy) is 1. The van der Waals surface area contributed by atoms with Gasteiger partial charge >= 0.3 is 6.61 Å². The SMILES string of the molecule is C[C@@H](O)c1cc(F)ccc1OC(F)F. The van der Waals surface area contributed by atoms with Crippen molar-refractivity contribution in [2.75, 3.05) is 0 Å². The quantitative estimate of drug-likeness (QED) is 0.823. The van der Waals surface area contributed by atoms with Gasteiger partial charge in [-0.1, -0.05) is 0 Å². The second-order valence-corrected chi connectivity index (χ2v) is 2.74. The third-order valence-corrected chi connectivity index (χ3v) is 1.64. The summed E-state index contributed by atoms with van der Waals surface area (Å²) >= 11 is 0. The van der Waals surface area contributed by atoms with Crippen LogP contribution in [0.1, 0.15) is 18.6 Å².